The second kappa shape index (κ2) is 61.8. The van der Waals surface area contributed by atoms with Gasteiger partial charge in [-0.3, -0.25) is 0 Å². The quantitative estimate of drug-likeness (QED) is 0.0256. The van der Waals surface area contributed by atoms with Gasteiger partial charge in [-0.2, -0.15) is 0 Å². The van der Waals surface area contributed by atoms with Crippen molar-refractivity contribution in [1.29, 1.82) is 0 Å². The molecule has 0 N–H and O–H groups in total. The van der Waals surface area contributed by atoms with Crippen LogP contribution < -0.4 is 0 Å². The van der Waals surface area contributed by atoms with Crippen molar-refractivity contribution in [2.45, 2.75) is 218 Å². The zero-order valence-corrected chi connectivity index (χ0v) is 39.7. The van der Waals surface area contributed by atoms with Gasteiger partial charge in [-0.25, -0.2) is 0 Å². The number of hydrogen-bond acceptors (Lipinski definition) is 3. The van der Waals surface area contributed by atoms with E-state index in [1.807, 2.05) is 0 Å². The van der Waals surface area contributed by atoms with Crippen LogP contribution in [-0.4, -0.2) is 19.6 Å². The molecular formula is C48H93N9. The smallest absolute Gasteiger partial charge is 0.0258 e. The molecule has 330 valence electrons. The third-order valence-electron chi connectivity index (χ3n) is 8.12. The normalized spacial score (nSPS) is 9.53. The average molecular weight is 796 g/mol. The van der Waals surface area contributed by atoms with Gasteiger partial charge in [0.25, 0.3) is 0 Å². The lowest BCUT2D eigenvalue weighted by molar-refractivity contribution is 0.529. The molecule has 0 aromatic carbocycles. The fourth-order valence-electron chi connectivity index (χ4n) is 4.70. The fourth-order valence-corrected chi connectivity index (χ4v) is 4.70. The standard InChI is InChI=1S/C10H18.C9H16.C8H17N3.C8H14.C7H15N3.C6H13N3/c1-4-5-6-7-8-9-10(2)3;1-4-5-6-7-8-9(2)3;1-8(2)6-4-3-5-7-10-11-9;1-4-5-6-7-8(2)3;1-7(2)5-3-4-6-9-10-8;1-6(2)4-3-5-8-9-7/h1,10H,5-9H2,2-3H3;1,9H,5-8H2,2-3H3;8H,3-7H2,1-2H3;1,8H,5-7H2,2-3H3;7H,3-6H2,1-2H3;6H,3-5H2,1-2H3. The van der Waals surface area contributed by atoms with Gasteiger partial charge in [0.05, 0.1) is 0 Å². The van der Waals surface area contributed by atoms with Gasteiger partial charge in [0, 0.05) is 53.6 Å². The summed E-state index contributed by atoms with van der Waals surface area (Å²) >= 11 is 0. The second-order valence-electron chi connectivity index (χ2n) is 17.1. The van der Waals surface area contributed by atoms with E-state index in [9.17, 15) is 0 Å². The number of rotatable bonds is 27. The van der Waals surface area contributed by atoms with Crippen LogP contribution in [0.15, 0.2) is 15.3 Å². The van der Waals surface area contributed by atoms with Crippen LogP contribution in [0.5, 0.6) is 0 Å². The Hall–Kier alpha value is -3.39. The summed E-state index contributed by atoms with van der Waals surface area (Å²) in [4.78, 5) is 8.03. The Kier molecular flexibility index (Phi) is 71.0. The van der Waals surface area contributed by atoms with Gasteiger partial charge >= 0.3 is 0 Å². The molecule has 0 aromatic heterocycles. The van der Waals surface area contributed by atoms with E-state index in [0.717, 1.165) is 80.5 Å². The first-order valence-corrected chi connectivity index (χ1v) is 22.5. The Balaban J connectivity index is -0.000000137. The zero-order valence-electron chi connectivity index (χ0n) is 39.7. The van der Waals surface area contributed by atoms with Crippen molar-refractivity contribution in [3.63, 3.8) is 0 Å². The third kappa shape index (κ3) is 106. The minimum atomic E-state index is 0.648. The van der Waals surface area contributed by atoms with Gasteiger partial charge < -0.3 is 0 Å². The van der Waals surface area contributed by atoms with E-state index in [1.54, 1.807) is 0 Å². The summed E-state index contributed by atoms with van der Waals surface area (Å²) in [6, 6.07) is 0. The Labute approximate surface area is 355 Å². The molecule has 0 saturated carbocycles. The molecule has 0 fully saturated rings. The molecule has 0 atom stereocenters. The van der Waals surface area contributed by atoms with Gasteiger partial charge in [0.1, 0.15) is 0 Å². The van der Waals surface area contributed by atoms with Gasteiger partial charge in [-0.1, -0.05) is 175 Å². The summed E-state index contributed by atoms with van der Waals surface area (Å²) in [5.41, 5.74) is 23.8. The summed E-state index contributed by atoms with van der Waals surface area (Å²) < 4.78 is 0. The number of hydrogen-bond donors (Lipinski definition) is 0. The van der Waals surface area contributed by atoms with E-state index in [4.69, 9.17) is 35.9 Å². The molecular weight excluding hydrogens is 703 g/mol. The summed E-state index contributed by atoms with van der Waals surface area (Å²) in [5.74, 6) is 12.7. The van der Waals surface area contributed by atoms with Gasteiger partial charge in [0.15, 0.2) is 0 Å². The first-order chi connectivity index (χ1) is 27.1. The second-order valence-corrected chi connectivity index (χ2v) is 17.1. The maximum Gasteiger partial charge on any atom is 0.0258 e. The highest BCUT2D eigenvalue weighted by atomic mass is 15.1. The molecule has 0 aromatic rings. The van der Waals surface area contributed by atoms with Gasteiger partial charge in [0.2, 0.25) is 0 Å². The first kappa shape index (κ1) is 65.5. The largest absolute Gasteiger partial charge is 0.120 e. The van der Waals surface area contributed by atoms with Crippen LogP contribution in [0.2, 0.25) is 0 Å². The number of azide groups is 3. The Morgan fingerprint density at radius 1 is 0.333 bits per heavy atom. The maximum absolute atomic E-state index is 7.97. The maximum atomic E-state index is 7.97. The Morgan fingerprint density at radius 2 is 0.561 bits per heavy atom. The molecule has 0 aliphatic carbocycles. The minimum Gasteiger partial charge on any atom is -0.120 e. The number of terminal acetylenes is 3. The fraction of sp³-hybridized carbons (Fsp3) is 0.875. The summed E-state index contributed by atoms with van der Waals surface area (Å²) in [7, 11) is 0. The van der Waals surface area contributed by atoms with Gasteiger partial charge in [-0.05, 0) is 90.6 Å². The molecule has 9 nitrogen and oxygen atoms in total. The highest BCUT2D eigenvalue weighted by Crippen LogP contribution is 2.10. The molecule has 9 heteroatoms. The minimum absolute atomic E-state index is 0.648. The summed E-state index contributed by atoms with van der Waals surface area (Å²) in [5, 5.41) is 10.3. The molecule has 0 rings (SSSR count). The topological polar surface area (TPSA) is 146 Å². The van der Waals surface area contributed by atoms with Crippen LogP contribution in [0.1, 0.15) is 218 Å². The lowest BCUT2D eigenvalue weighted by Crippen LogP contribution is -1.87. The van der Waals surface area contributed by atoms with E-state index in [-0.39, 0.29) is 0 Å². The van der Waals surface area contributed by atoms with E-state index >= 15 is 0 Å². The Bertz CT molecular complexity index is 1040. The van der Waals surface area contributed by atoms with Crippen molar-refractivity contribution < 1.29 is 0 Å². The van der Waals surface area contributed by atoms with E-state index in [2.05, 4.69) is 131 Å². The van der Waals surface area contributed by atoms with Gasteiger partial charge in [-0.15, -0.1) is 37.0 Å². The summed E-state index contributed by atoms with van der Waals surface area (Å²) in [6.45, 7) is 28.6. The van der Waals surface area contributed by atoms with E-state index in [0.29, 0.717) is 19.6 Å². The number of unbranched alkanes of at least 4 members (excludes halogenated alkanes) is 9. The lowest BCUT2D eigenvalue weighted by Gasteiger charge is -2.01. The molecule has 0 saturated heterocycles. The number of nitrogens with zero attached hydrogens (tertiary/aromatic N) is 9. The van der Waals surface area contributed by atoms with Crippen molar-refractivity contribution in [2.24, 2.45) is 50.9 Å². The lowest BCUT2D eigenvalue weighted by atomic mass is 10.0. The molecule has 0 heterocycles. The van der Waals surface area contributed by atoms with Crippen molar-refractivity contribution in [3.8, 4) is 37.0 Å². The van der Waals surface area contributed by atoms with Crippen LogP contribution in [0, 0.1) is 72.5 Å². The SMILES string of the molecule is C#CCCCC(C)C.C#CCCCCC(C)C.C#CCCCCCC(C)C.CC(C)CCCCCN=[N+]=[N-].CC(C)CCCCN=[N+]=[N-].CC(C)CCCN=[N+]=[N-]. The van der Waals surface area contributed by atoms with Crippen molar-refractivity contribution in [3.05, 3.63) is 31.3 Å². The van der Waals surface area contributed by atoms with Crippen LogP contribution in [0.25, 0.3) is 31.3 Å². The monoisotopic (exact) mass is 796 g/mol. The zero-order chi connectivity index (χ0) is 44.8. The molecule has 0 aliphatic heterocycles. The van der Waals surface area contributed by atoms with E-state index in [1.165, 1.54) is 89.9 Å². The Morgan fingerprint density at radius 3 is 0.895 bits per heavy atom. The van der Waals surface area contributed by atoms with E-state index < -0.39 is 0 Å². The van der Waals surface area contributed by atoms with Crippen LogP contribution >= 0.6 is 0 Å². The molecule has 0 amide bonds. The van der Waals surface area contributed by atoms with Crippen molar-refractivity contribution in [1.82, 2.24) is 0 Å². The third-order valence-corrected chi connectivity index (χ3v) is 8.12. The van der Waals surface area contributed by atoms with Crippen LogP contribution in [-0.2, 0) is 0 Å². The predicted octanol–water partition coefficient (Wildman–Crippen LogP) is 17.9. The van der Waals surface area contributed by atoms with Crippen LogP contribution in [0.3, 0.4) is 0 Å². The van der Waals surface area contributed by atoms with Crippen molar-refractivity contribution in [2.75, 3.05) is 19.6 Å². The molecule has 57 heavy (non-hydrogen) atoms. The van der Waals surface area contributed by atoms with Crippen molar-refractivity contribution >= 4 is 0 Å². The molecule has 0 aliphatic rings. The molecule has 0 bridgehead atoms. The summed E-state index contributed by atoms with van der Waals surface area (Å²) in [6.07, 6.45) is 40.0. The molecule has 0 radical (unpaired) electrons. The highest BCUT2D eigenvalue weighted by molar-refractivity contribution is 4.83. The first-order valence-electron chi connectivity index (χ1n) is 22.5. The predicted molar refractivity (Wildman–Crippen MR) is 255 cm³/mol. The average Bonchev–Trinajstić information content (AvgIpc) is 3.14. The molecule has 0 spiro atoms. The molecule has 0 unspecified atom stereocenters. The van der Waals surface area contributed by atoms with Crippen LogP contribution in [0.4, 0.5) is 0 Å². The highest BCUT2D eigenvalue weighted by Gasteiger charge is 1.95.